The molecule has 6 nitrogen and oxygen atoms in total. The number of sulfonamides is 1. The number of hydrogen-bond donors (Lipinski definition) is 2. The molecular formula is C22H24KN3O3S. The number of urea groups is 1. The zero-order chi connectivity index (χ0) is 20.0. The standard InChI is InChI=1S/C22H25N3O3S.K/c26-22(24-21-18-8-3-6-14(18)11-15-7-4-9-19(15)21)25-29(27,28)17-12-16-5-1-2-10-20(16)23-13-17;/h1-2,5,10-11,17,23H,3-4,6-9,12-13H2,(H2,24,25,26);/q;+1/p-1. The summed E-state index contributed by atoms with van der Waals surface area (Å²) in [6.45, 7) is 0.256. The third-order valence-electron chi connectivity index (χ3n) is 6.32. The molecule has 3 aliphatic rings. The molecule has 0 saturated carbocycles. The number of fused-ring (bicyclic) bond motifs is 3. The van der Waals surface area contributed by atoms with E-state index < -0.39 is 21.3 Å². The molecule has 8 heteroatoms. The molecule has 0 aromatic heterocycles. The predicted molar refractivity (Wildman–Crippen MR) is 114 cm³/mol. The molecule has 152 valence electrons. The van der Waals surface area contributed by atoms with Crippen molar-refractivity contribution >= 4 is 27.4 Å². The maximum absolute atomic E-state index is 12.8. The van der Waals surface area contributed by atoms with E-state index in [2.05, 4.69) is 21.4 Å². The molecule has 2 aromatic carbocycles. The molecule has 0 fully saturated rings. The fraction of sp³-hybridized carbons (Fsp3) is 0.409. The van der Waals surface area contributed by atoms with Gasteiger partial charge in [-0.3, -0.25) is 4.79 Å². The van der Waals surface area contributed by atoms with E-state index in [4.69, 9.17) is 0 Å². The second-order valence-electron chi connectivity index (χ2n) is 8.13. The van der Waals surface area contributed by atoms with Crippen LogP contribution in [0.2, 0.25) is 0 Å². The van der Waals surface area contributed by atoms with Gasteiger partial charge in [0.1, 0.15) is 0 Å². The van der Waals surface area contributed by atoms with Crippen molar-refractivity contribution in [1.29, 1.82) is 0 Å². The average Bonchev–Trinajstić information content (AvgIpc) is 3.36. The summed E-state index contributed by atoms with van der Waals surface area (Å²) in [7, 11) is -3.92. The van der Waals surface area contributed by atoms with Crippen LogP contribution in [0.25, 0.3) is 4.72 Å². The zero-order valence-electron chi connectivity index (χ0n) is 17.2. The molecule has 0 bridgehead atoms. The SMILES string of the molecule is O=C([N-]S(=O)(=O)C1CNc2ccccc2C1)Nc1c2c(cc3c1CCC3)CCC2.[K+]. The van der Waals surface area contributed by atoms with Gasteiger partial charge in [-0.1, -0.05) is 24.3 Å². The molecule has 5 rings (SSSR count). The molecule has 2 aliphatic carbocycles. The number of anilines is 2. The van der Waals surface area contributed by atoms with Crippen molar-refractivity contribution in [1.82, 2.24) is 0 Å². The minimum absolute atomic E-state index is 0. The number of carbonyl (C=O) groups is 1. The average molecular weight is 450 g/mol. The molecule has 1 aliphatic heterocycles. The van der Waals surface area contributed by atoms with E-state index in [1.54, 1.807) is 0 Å². The topological polar surface area (TPSA) is 89.4 Å². The Balaban J connectivity index is 0.00000218. The van der Waals surface area contributed by atoms with Crippen LogP contribution in [-0.4, -0.2) is 26.2 Å². The normalized spacial score (nSPS) is 19.0. The largest absolute Gasteiger partial charge is 1.00 e. The molecule has 2 N–H and O–H groups in total. The first-order chi connectivity index (χ1) is 14.0. The van der Waals surface area contributed by atoms with Crippen LogP contribution in [0.5, 0.6) is 0 Å². The third-order valence-corrected chi connectivity index (χ3v) is 7.92. The van der Waals surface area contributed by atoms with Gasteiger partial charge in [-0.05, 0) is 84.5 Å². The Morgan fingerprint density at radius 2 is 1.67 bits per heavy atom. The monoisotopic (exact) mass is 449 g/mol. The molecule has 1 atom stereocenters. The van der Waals surface area contributed by atoms with Gasteiger partial charge in [0.05, 0.1) is 5.25 Å². The Kier molecular flexibility index (Phi) is 6.63. The summed E-state index contributed by atoms with van der Waals surface area (Å²) in [6.07, 6.45) is 6.40. The minimum Gasteiger partial charge on any atom is -0.423 e. The maximum Gasteiger partial charge on any atom is 1.00 e. The van der Waals surface area contributed by atoms with E-state index in [9.17, 15) is 13.2 Å². The van der Waals surface area contributed by atoms with Crippen molar-refractivity contribution in [2.75, 3.05) is 17.2 Å². The third kappa shape index (κ3) is 4.22. The number of hydrogen-bond acceptors (Lipinski definition) is 4. The number of nitrogens with one attached hydrogen (secondary N) is 2. The van der Waals surface area contributed by atoms with Crippen LogP contribution in [-0.2, 0) is 42.1 Å². The minimum atomic E-state index is -3.92. The van der Waals surface area contributed by atoms with Gasteiger partial charge in [0.2, 0.25) is 0 Å². The fourth-order valence-electron chi connectivity index (χ4n) is 4.91. The Morgan fingerprint density at radius 3 is 2.37 bits per heavy atom. The van der Waals surface area contributed by atoms with Crippen LogP contribution in [0.3, 0.4) is 0 Å². The summed E-state index contributed by atoms with van der Waals surface area (Å²) < 4.78 is 29.2. The van der Waals surface area contributed by atoms with Gasteiger partial charge in [-0.15, -0.1) is 0 Å². The first kappa shape index (κ1) is 22.3. The summed E-state index contributed by atoms with van der Waals surface area (Å²) in [5.41, 5.74) is 7.61. The van der Waals surface area contributed by atoms with Gasteiger partial charge in [0, 0.05) is 12.2 Å². The molecule has 0 saturated heterocycles. The molecule has 2 amide bonds. The number of rotatable bonds is 3. The van der Waals surface area contributed by atoms with Crippen molar-refractivity contribution in [3.05, 3.63) is 62.9 Å². The van der Waals surface area contributed by atoms with Gasteiger partial charge in [0.25, 0.3) is 0 Å². The van der Waals surface area contributed by atoms with Gasteiger partial charge in [0.15, 0.2) is 16.1 Å². The van der Waals surface area contributed by atoms with Crippen LogP contribution in [0.4, 0.5) is 16.2 Å². The summed E-state index contributed by atoms with van der Waals surface area (Å²) in [6, 6.07) is 9.13. The smallest absolute Gasteiger partial charge is 0.423 e. The molecule has 0 spiro atoms. The fourth-order valence-corrected chi connectivity index (χ4v) is 6.02. The summed E-state index contributed by atoms with van der Waals surface area (Å²) in [5.74, 6) is 0. The first-order valence-corrected chi connectivity index (χ1v) is 11.8. The summed E-state index contributed by atoms with van der Waals surface area (Å²) in [4.78, 5) is 12.6. The predicted octanol–water partition coefficient (Wildman–Crippen LogP) is 0.940. The Hall–Kier alpha value is -0.904. The molecule has 1 heterocycles. The molecule has 0 radical (unpaired) electrons. The van der Waals surface area contributed by atoms with Crippen molar-refractivity contribution in [2.24, 2.45) is 0 Å². The maximum atomic E-state index is 12.8. The van der Waals surface area contributed by atoms with Gasteiger partial charge >= 0.3 is 51.4 Å². The van der Waals surface area contributed by atoms with Crippen LogP contribution in [0.1, 0.15) is 40.7 Å². The quantitative estimate of drug-likeness (QED) is 0.683. The molecule has 30 heavy (non-hydrogen) atoms. The van der Waals surface area contributed by atoms with Gasteiger partial charge in [-0.25, -0.2) is 8.42 Å². The number of nitrogens with zero attached hydrogens (tertiary/aromatic N) is 1. The Labute approximate surface area is 220 Å². The van der Waals surface area contributed by atoms with E-state index in [-0.39, 0.29) is 57.9 Å². The van der Waals surface area contributed by atoms with E-state index in [0.717, 1.165) is 55.5 Å². The number of aryl methyl sites for hydroxylation is 2. The van der Waals surface area contributed by atoms with Crippen LogP contribution in [0, 0.1) is 0 Å². The van der Waals surface area contributed by atoms with E-state index >= 15 is 0 Å². The summed E-state index contributed by atoms with van der Waals surface area (Å²) in [5, 5.41) is 5.25. The van der Waals surface area contributed by atoms with Crippen LogP contribution in [0.15, 0.2) is 30.3 Å². The van der Waals surface area contributed by atoms with Crippen molar-refractivity contribution in [3.63, 3.8) is 0 Å². The molecule has 1 unspecified atom stereocenters. The van der Waals surface area contributed by atoms with Crippen LogP contribution >= 0.6 is 0 Å². The Morgan fingerprint density at radius 1 is 1.00 bits per heavy atom. The van der Waals surface area contributed by atoms with E-state index in [1.807, 2.05) is 24.3 Å². The van der Waals surface area contributed by atoms with Crippen LogP contribution < -0.4 is 62.0 Å². The van der Waals surface area contributed by atoms with Gasteiger partial charge in [-0.2, -0.15) is 0 Å². The second-order valence-corrected chi connectivity index (χ2v) is 10.0. The van der Waals surface area contributed by atoms with E-state index in [1.165, 1.54) is 22.3 Å². The first-order valence-electron chi connectivity index (χ1n) is 10.3. The molecular weight excluding hydrogens is 425 g/mol. The van der Waals surface area contributed by atoms with E-state index in [0.29, 0.717) is 6.42 Å². The summed E-state index contributed by atoms with van der Waals surface area (Å²) >= 11 is 0. The molecule has 2 aromatic rings. The van der Waals surface area contributed by atoms with Crippen molar-refractivity contribution < 1.29 is 64.6 Å². The second kappa shape index (κ2) is 8.92. The van der Waals surface area contributed by atoms with Crippen molar-refractivity contribution in [2.45, 2.75) is 50.2 Å². The van der Waals surface area contributed by atoms with Gasteiger partial charge < -0.3 is 15.4 Å². The number of benzene rings is 2. The number of carbonyl (C=O) groups excluding carboxylic acids is 1. The Bertz CT molecular complexity index is 1070. The zero-order valence-corrected chi connectivity index (χ0v) is 21.1. The number of amides is 2. The number of para-hydroxylation sites is 1. The van der Waals surface area contributed by atoms with Crippen molar-refractivity contribution in [3.8, 4) is 0 Å².